The van der Waals surface area contributed by atoms with Gasteiger partial charge in [-0.1, -0.05) is 15.9 Å². The number of hydrogen-bond acceptors (Lipinski definition) is 2. The largest absolute Gasteiger partial charge is 0.380 e. The van der Waals surface area contributed by atoms with E-state index in [4.69, 9.17) is 5.73 Å². The molecule has 0 aliphatic heterocycles. The number of hydrogen-bond donors (Lipinski definition) is 2. The molecule has 0 radical (unpaired) electrons. The number of rotatable bonds is 1. The van der Waals surface area contributed by atoms with E-state index in [1.54, 1.807) is 6.07 Å². The Morgan fingerprint density at radius 1 is 1.27 bits per heavy atom. The molecular weight excluding hydrogens is 268 g/mol. The molecule has 2 rings (SSSR count). The Morgan fingerprint density at radius 2 is 2.00 bits per heavy atom. The van der Waals surface area contributed by atoms with E-state index in [9.17, 15) is 8.78 Å². The van der Waals surface area contributed by atoms with Crippen LogP contribution in [0.2, 0.25) is 0 Å². The average Bonchev–Trinajstić information content (AvgIpc) is 2.46. The van der Waals surface area contributed by atoms with Gasteiger partial charge in [0.05, 0.1) is 0 Å². The lowest BCUT2D eigenvalue weighted by Crippen LogP contribution is -1.88. The smallest absolute Gasteiger partial charge is 0.192 e. The summed E-state index contributed by atoms with van der Waals surface area (Å²) >= 11 is 3.11. The summed E-state index contributed by atoms with van der Waals surface area (Å²) in [7, 11) is 0. The van der Waals surface area contributed by atoms with Crippen LogP contribution in [0.25, 0.3) is 11.3 Å². The number of anilines is 1. The highest BCUT2D eigenvalue weighted by molar-refractivity contribution is 9.10. The Bertz CT molecular complexity index is 490. The number of halogens is 3. The van der Waals surface area contributed by atoms with E-state index >= 15 is 0 Å². The highest BCUT2D eigenvalue weighted by Gasteiger charge is 2.13. The van der Waals surface area contributed by atoms with Crippen LogP contribution in [0, 0.1) is 11.6 Å². The number of nitrogens with two attached hydrogens (primary N) is 1. The van der Waals surface area contributed by atoms with Crippen LogP contribution >= 0.6 is 15.9 Å². The Morgan fingerprint density at radius 3 is 2.53 bits per heavy atom. The van der Waals surface area contributed by atoms with Crippen LogP contribution in [-0.2, 0) is 0 Å². The molecule has 0 saturated carbocycles. The van der Waals surface area contributed by atoms with E-state index in [-0.39, 0.29) is 11.5 Å². The number of aromatic amines is 1. The van der Waals surface area contributed by atoms with E-state index in [1.165, 1.54) is 12.1 Å². The molecule has 0 atom stereocenters. The Hall–Kier alpha value is -1.43. The fourth-order valence-corrected chi connectivity index (χ4v) is 1.70. The number of nitrogens with one attached hydrogen (secondary N) is 1. The van der Waals surface area contributed by atoms with Gasteiger partial charge in [-0.15, -0.1) is 0 Å². The molecule has 0 saturated heterocycles. The third-order valence-electron chi connectivity index (χ3n) is 1.88. The summed E-state index contributed by atoms with van der Waals surface area (Å²) in [6.45, 7) is 0. The molecule has 2 aromatic rings. The van der Waals surface area contributed by atoms with E-state index in [2.05, 4.69) is 26.1 Å². The Labute approximate surface area is 92.4 Å². The number of aromatic nitrogens is 2. The zero-order valence-electron chi connectivity index (χ0n) is 7.39. The molecule has 15 heavy (non-hydrogen) atoms. The monoisotopic (exact) mass is 273 g/mol. The van der Waals surface area contributed by atoms with E-state index < -0.39 is 11.6 Å². The topological polar surface area (TPSA) is 54.7 Å². The quantitative estimate of drug-likeness (QED) is 0.840. The first-order valence-electron chi connectivity index (χ1n) is 4.03. The van der Waals surface area contributed by atoms with Gasteiger partial charge in [0.15, 0.2) is 11.6 Å². The van der Waals surface area contributed by atoms with Crippen molar-refractivity contribution in [2.45, 2.75) is 0 Å². The zero-order valence-corrected chi connectivity index (χ0v) is 8.98. The van der Waals surface area contributed by atoms with Crippen molar-refractivity contribution in [3.8, 4) is 11.3 Å². The first-order chi connectivity index (χ1) is 7.08. The van der Waals surface area contributed by atoms with Crippen molar-refractivity contribution >= 4 is 21.7 Å². The Balaban J connectivity index is 2.58. The number of benzene rings is 1. The maximum atomic E-state index is 13.4. The molecule has 0 amide bonds. The van der Waals surface area contributed by atoms with Gasteiger partial charge in [0.2, 0.25) is 0 Å². The van der Waals surface area contributed by atoms with Crippen molar-refractivity contribution < 1.29 is 8.78 Å². The molecule has 1 aromatic heterocycles. The average molecular weight is 274 g/mol. The molecule has 1 heterocycles. The molecule has 1 aromatic carbocycles. The fraction of sp³-hybridized carbons (Fsp3) is 0. The van der Waals surface area contributed by atoms with Crippen molar-refractivity contribution in [2.75, 3.05) is 5.73 Å². The van der Waals surface area contributed by atoms with Gasteiger partial charge in [-0.2, -0.15) is 5.10 Å². The molecular formula is C9H6BrF2N3. The molecule has 0 unspecified atom stereocenters. The second kappa shape index (κ2) is 3.62. The van der Waals surface area contributed by atoms with Gasteiger partial charge in [0.1, 0.15) is 11.5 Å². The molecule has 6 heteroatoms. The van der Waals surface area contributed by atoms with Crippen molar-refractivity contribution in [3.63, 3.8) is 0 Å². The molecule has 0 spiro atoms. The molecule has 78 valence electrons. The van der Waals surface area contributed by atoms with E-state index in [0.717, 1.165) is 0 Å². The molecule has 0 fully saturated rings. The molecule has 0 aliphatic rings. The van der Waals surface area contributed by atoms with Gasteiger partial charge in [0.25, 0.3) is 0 Å². The summed E-state index contributed by atoms with van der Waals surface area (Å²) in [5, 5.41) is 5.90. The lowest BCUT2D eigenvalue weighted by Gasteiger charge is -1.99. The minimum atomic E-state index is -0.674. The van der Waals surface area contributed by atoms with Crippen molar-refractivity contribution in [2.24, 2.45) is 0 Å². The standard InChI is InChI=1S/C9H6BrF2N3/c10-5-1-4(2-6(11)3-5)8-7(12)9(13)15-14-8/h1-3H,(H3,13,14,15). The first kappa shape index (κ1) is 10.1. The predicted octanol–water partition coefficient (Wildman–Crippen LogP) is 2.70. The van der Waals surface area contributed by atoms with Crippen LogP contribution in [0.5, 0.6) is 0 Å². The van der Waals surface area contributed by atoms with Crippen LogP contribution < -0.4 is 5.73 Å². The van der Waals surface area contributed by atoms with Crippen LogP contribution in [0.4, 0.5) is 14.6 Å². The van der Waals surface area contributed by atoms with Crippen molar-refractivity contribution in [1.82, 2.24) is 10.2 Å². The number of nitrogen functional groups attached to an aromatic ring is 1. The van der Waals surface area contributed by atoms with Gasteiger partial charge < -0.3 is 5.73 Å². The summed E-state index contributed by atoms with van der Waals surface area (Å²) in [4.78, 5) is 0. The number of nitrogens with zero attached hydrogens (tertiary/aromatic N) is 1. The molecule has 0 bridgehead atoms. The molecule has 3 nitrogen and oxygen atoms in total. The van der Waals surface area contributed by atoms with E-state index in [1.807, 2.05) is 0 Å². The van der Waals surface area contributed by atoms with Crippen LogP contribution in [-0.4, -0.2) is 10.2 Å². The number of H-pyrrole nitrogens is 1. The van der Waals surface area contributed by atoms with Crippen LogP contribution in [0.15, 0.2) is 22.7 Å². The van der Waals surface area contributed by atoms with Crippen molar-refractivity contribution in [1.29, 1.82) is 0 Å². The van der Waals surface area contributed by atoms with Crippen LogP contribution in [0.1, 0.15) is 0 Å². The highest BCUT2D eigenvalue weighted by Crippen LogP contribution is 2.26. The Kier molecular flexibility index (Phi) is 2.44. The summed E-state index contributed by atoms with van der Waals surface area (Å²) in [5.41, 5.74) is 5.66. The lowest BCUT2D eigenvalue weighted by molar-refractivity contribution is 0.625. The predicted molar refractivity (Wildman–Crippen MR) is 56.1 cm³/mol. The second-order valence-corrected chi connectivity index (χ2v) is 3.87. The first-order valence-corrected chi connectivity index (χ1v) is 4.83. The zero-order chi connectivity index (χ0) is 11.0. The molecule has 3 N–H and O–H groups in total. The van der Waals surface area contributed by atoms with Gasteiger partial charge in [-0.05, 0) is 18.2 Å². The highest BCUT2D eigenvalue weighted by atomic mass is 79.9. The maximum absolute atomic E-state index is 13.4. The minimum Gasteiger partial charge on any atom is -0.380 e. The third-order valence-corrected chi connectivity index (χ3v) is 2.34. The van der Waals surface area contributed by atoms with Gasteiger partial charge in [-0.25, -0.2) is 8.78 Å². The maximum Gasteiger partial charge on any atom is 0.192 e. The summed E-state index contributed by atoms with van der Waals surface area (Å²) < 4.78 is 26.9. The normalized spacial score (nSPS) is 10.6. The fourth-order valence-electron chi connectivity index (χ4n) is 1.23. The summed E-state index contributed by atoms with van der Waals surface area (Å²) in [6.07, 6.45) is 0. The van der Waals surface area contributed by atoms with E-state index in [0.29, 0.717) is 10.0 Å². The van der Waals surface area contributed by atoms with Crippen LogP contribution in [0.3, 0.4) is 0 Å². The minimum absolute atomic E-state index is 0.0766. The van der Waals surface area contributed by atoms with Gasteiger partial charge >= 0.3 is 0 Å². The van der Waals surface area contributed by atoms with Gasteiger partial charge in [-0.3, -0.25) is 5.10 Å². The summed E-state index contributed by atoms with van der Waals surface area (Å²) in [5.74, 6) is -1.37. The van der Waals surface area contributed by atoms with Gasteiger partial charge in [0, 0.05) is 10.0 Å². The lowest BCUT2D eigenvalue weighted by atomic mass is 10.1. The molecule has 0 aliphatic carbocycles. The SMILES string of the molecule is Nc1n[nH]c(-c2cc(F)cc(Br)c2)c1F. The summed E-state index contributed by atoms with van der Waals surface area (Å²) in [6, 6.07) is 4.04. The van der Waals surface area contributed by atoms with Crippen molar-refractivity contribution in [3.05, 3.63) is 34.3 Å². The second-order valence-electron chi connectivity index (χ2n) is 2.96. The third kappa shape index (κ3) is 1.85.